The van der Waals surface area contributed by atoms with Crippen LogP contribution in [0.2, 0.25) is 0 Å². The number of rotatable bonds is 0. The van der Waals surface area contributed by atoms with Gasteiger partial charge in [-0.15, -0.1) is 0 Å². The van der Waals surface area contributed by atoms with Crippen LogP contribution in [0.3, 0.4) is 0 Å². The maximum atomic E-state index is 11.2. The smallest absolute Gasteiger partial charge is 0.278 e. The SMILES string of the molecule is Cn1c(=N)cnc2c(=O)[nH]cnc21. The van der Waals surface area contributed by atoms with Gasteiger partial charge in [-0.3, -0.25) is 10.2 Å². The van der Waals surface area contributed by atoms with Gasteiger partial charge in [-0.1, -0.05) is 0 Å². The normalized spacial score (nSPS) is 10.5. The Morgan fingerprint density at radius 2 is 2.31 bits per heavy atom. The van der Waals surface area contributed by atoms with Crippen molar-refractivity contribution >= 4 is 11.2 Å². The first-order valence-corrected chi connectivity index (χ1v) is 3.64. The summed E-state index contributed by atoms with van der Waals surface area (Å²) in [7, 11) is 1.67. The molecule has 2 rings (SSSR count). The Balaban J connectivity index is 3.12. The van der Waals surface area contributed by atoms with Crippen molar-refractivity contribution in [1.82, 2.24) is 19.5 Å². The molecule has 66 valence electrons. The monoisotopic (exact) mass is 177 g/mol. The Bertz CT molecular complexity index is 567. The summed E-state index contributed by atoms with van der Waals surface area (Å²) < 4.78 is 1.50. The minimum atomic E-state index is -0.291. The van der Waals surface area contributed by atoms with Crippen molar-refractivity contribution in [1.29, 1.82) is 5.41 Å². The topological polar surface area (TPSA) is 87.4 Å². The molecule has 0 aliphatic carbocycles. The molecule has 0 aromatic carbocycles. The Hall–Kier alpha value is -1.98. The van der Waals surface area contributed by atoms with E-state index in [0.717, 1.165) is 0 Å². The first kappa shape index (κ1) is 7.66. The summed E-state index contributed by atoms with van der Waals surface area (Å²) in [6.07, 6.45) is 2.62. The minimum absolute atomic E-state index is 0.214. The van der Waals surface area contributed by atoms with E-state index in [0.29, 0.717) is 5.65 Å². The summed E-state index contributed by atoms with van der Waals surface area (Å²) in [6, 6.07) is 0. The van der Waals surface area contributed by atoms with E-state index < -0.39 is 0 Å². The number of aromatic amines is 1. The fourth-order valence-corrected chi connectivity index (χ4v) is 1.07. The lowest BCUT2D eigenvalue weighted by Crippen LogP contribution is -2.21. The Morgan fingerprint density at radius 1 is 1.54 bits per heavy atom. The molecule has 0 radical (unpaired) electrons. The molecule has 6 heteroatoms. The van der Waals surface area contributed by atoms with Gasteiger partial charge in [-0.2, -0.15) is 0 Å². The van der Waals surface area contributed by atoms with Gasteiger partial charge >= 0.3 is 0 Å². The number of hydrogen-bond acceptors (Lipinski definition) is 4. The highest BCUT2D eigenvalue weighted by Gasteiger charge is 2.02. The quantitative estimate of drug-likeness (QED) is 0.548. The Kier molecular flexibility index (Phi) is 1.48. The van der Waals surface area contributed by atoms with Gasteiger partial charge in [0.25, 0.3) is 5.56 Å². The largest absolute Gasteiger partial charge is 0.311 e. The van der Waals surface area contributed by atoms with Crippen LogP contribution in [0.1, 0.15) is 0 Å². The maximum absolute atomic E-state index is 11.2. The van der Waals surface area contributed by atoms with Gasteiger partial charge in [-0.05, 0) is 0 Å². The predicted molar refractivity (Wildman–Crippen MR) is 45.0 cm³/mol. The standard InChI is InChI=1S/C7H7N5O/c1-12-4(8)2-9-5-6(12)10-3-11-7(5)13/h2-3,8H,1H3,(H,10,11,13). The van der Waals surface area contributed by atoms with Crippen LogP contribution in [-0.2, 0) is 7.05 Å². The molecule has 6 nitrogen and oxygen atoms in total. The number of fused-ring (bicyclic) bond motifs is 1. The zero-order chi connectivity index (χ0) is 9.42. The van der Waals surface area contributed by atoms with Gasteiger partial charge in [0.2, 0.25) is 0 Å². The lowest BCUT2D eigenvalue weighted by atomic mass is 10.5. The molecule has 2 N–H and O–H groups in total. The van der Waals surface area contributed by atoms with Crippen LogP contribution in [0.4, 0.5) is 0 Å². The molecule has 0 aliphatic heterocycles. The molecule has 2 aromatic heterocycles. The van der Waals surface area contributed by atoms with Crippen molar-refractivity contribution in [2.45, 2.75) is 0 Å². The van der Waals surface area contributed by atoms with Crippen LogP contribution >= 0.6 is 0 Å². The number of hydrogen-bond donors (Lipinski definition) is 2. The molecule has 0 saturated carbocycles. The molecule has 0 saturated heterocycles. The Morgan fingerprint density at radius 3 is 3.08 bits per heavy atom. The fourth-order valence-electron chi connectivity index (χ4n) is 1.07. The zero-order valence-electron chi connectivity index (χ0n) is 6.90. The summed E-state index contributed by atoms with van der Waals surface area (Å²) in [5.41, 5.74) is 0.587. The predicted octanol–water partition coefficient (Wildman–Crippen LogP) is -0.864. The molecule has 0 atom stereocenters. The minimum Gasteiger partial charge on any atom is -0.311 e. The van der Waals surface area contributed by atoms with Gasteiger partial charge in [0.1, 0.15) is 5.49 Å². The molecule has 0 fully saturated rings. The third-order valence-corrected chi connectivity index (χ3v) is 1.80. The first-order valence-electron chi connectivity index (χ1n) is 3.64. The van der Waals surface area contributed by atoms with E-state index in [1.807, 2.05) is 0 Å². The van der Waals surface area contributed by atoms with E-state index in [9.17, 15) is 4.79 Å². The average molecular weight is 177 g/mol. The second-order valence-electron chi connectivity index (χ2n) is 2.61. The number of nitrogens with zero attached hydrogens (tertiary/aromatic N) is 3. The van der Waals surface area contributed by atoms with E-state index in [4.69, 9.17) is 5.41 Å². The Labute approximate surface area is 72.4 Å². The summed E-state index contributed by atoms with van der Waals surface area (Å²) in [6.45, 7) is 0. The van der Waals surface area contributed by atoms with Crippen molar-refractivity contribution in [3.63, 3.8) is 0 Å². The summed E-state index contributed by atoms with van der Waals surface area (Å²) in [4.78, 5) is 21.4. The van der Waals surface area contributed by atoms with Crippen molar-refractivity contribution in [3.8, 4) is 0 Å². The molecule has 2 aromatic rings. The van der Waals surface area contributed by atoms with Crippen LogP contribution in [0, 0.1) is 5.41 Å². The second-order valence-corrected chi connectivity index (χ2v) is 2.61. The van der Waals surface area contributed by atoms with E-state index in [1.165, 1.54) is 17.1 Å². The number of nitrogens with one attached hydrogen (secondary N) is 2. The molecule has 0 amide bonds. The van der Waals surface area contributed by atoms with E-state index >= 15 is 0 Å². The third-order valence-electron chi connectivity index (χ3n) is 1.80. The van der Waals surface area contributed by atoms with Crippen LogP contribution in [-0.4, -0.2) is 19.5 Å². The van der Waals surface area contributed by atoms with Crippen LogP contribution in [0.5, 0.6) is 0 Å². The highest BCUT2D eigenvalue weighted by atomic mass is 16.1. The summed E-state index contributed by atoms with van der Waals surface area (Å²) in [5.74, 6) is 0. The van der Waals surface area contributed by atoms with Crippen molar-refractivity contribution in [2.24, 2.45) is 7.05 Å². The van der Waals surface area contributed by atoms with Crippen LogP contribution in [0.15, 0.2) is 17.3 Å². The molecule has 0 bridgehead atoms. The van der Waals surface area contributed by atoms with Gasteiger partial charge in [0.15, 0.2) is 11.2 Å². The maximum Gasteiger partial charge on any atom is 0.278 e. The lowest BCUT2D eigenvalue weighted by molar-refractivity contribution is 0.823. The number of aromatic nitrogens is 4. The van der Waals surface area contributed by atoms with Crippen molar-refractivity contribution in [2.75, 3.05) is 0 Å². The molecule has 0 unspecified atom stereocenters. The molecular weight excluding hydrogens is 170 g/mol. The molecule has 0 aliphatic rings. The molecular formula is C7H7N5O. The van der Waals surface area contributed by atoms with Crippen LogP contribution < -0.4 is 11.0 Å². The summed E-state index contributed by atoms with van der Waals surface area (Å²) >= 11 is 0. The van der Waals surface area contributed by atoms with Crippen molar-refractivity contribution < 1.29 is 0 Å². The van der Waals surface area contributed by atoms with Gasteiger partial charge in [-0.25, -0.2) is 9.97 Å². The highest BCUT2D eigenvalue weighted by molar-refractivity contribution is 5.67. The highest BCUT2D eigenvalue weighted by Crippen LogP contribution is 1.94. The fraction of sp³-hybridized carbons (Fsp3) is 0.143. The average Bonchev–Trinajstić information content (AvgIpc) is 2.12. The van der Waals surface area contributed by atoms with Gasteiger partial charge < -0.3 is 9.55 Å². The van der Waals surface area contributed by atoms with E-state index in [2.05, 4.69) is 15.0 Å². The van der Waals surface area contributed by atoms with E-state index in [-0.39, 0.29) is 16.6 Å². The lowest BCUT2D eigenvalue weighted by Gasteiger charge is -2.00. The van der Waals surface area contributed by atoms with Crippen LogP contribution in [0.25, 0.3) is 11.2 Å². The summed E-state index contributed by atoms with van der Waals surface area (Å²) in [5, 5.41) is 7.42. The third kappa shape index (κ3) is 1.03. The van der Waals surface area contributed by atoms with Crippen molar-refractivity contribution in [3.05, 3.63) is 28.4 Å². The molecule has 13 heavy (non-hydrogen) atoms. The molecule has 0 spiro atoms. The van der Waals surface area contributed by atoms with Gasteiger partial charge in [0.05, 0.1) is 12.5 Å². The van der Waals surface area contributed by atoms with Gasteiger partial charge in [0, 0.05) is 7.05 Å². The van der Waals surface area contributed by atoms with E-state index in [1.54, 1.807) is 7.05 Å². The number of aryl methyl sites for hydroxylation is 1. The second kappa shape index (κ2) is 2.51. The first-order chi connectivity index (χ1) is 6.20. The zero-order valence-corrected chi connectivity index (χ0v) is 6.90. The molecule has 2 heterocycles. The number of H-pyrrole nitrogens is 1.